The Labute approximate surface area is 257 Å². The summed E-state index contributed by atoms with van der Waals surface area (Å²) in [5.41, 5.74) is -0.469. The van der Waals surface area contributed by atoms with Crippen molar-refractivity contribution in [2.75, 3.05) is 33.4 Å². The van der Waals surface area contributed by atoms with Crippen molar-refractivity contribution in [1.29, 1.82) is 0 Å². The number of hydrogen-bond acceptors (Lipinski definition) is 9. The molecular weight excluding hydrogens is 570 g/mol. The van der Waals surface area contributed by atoms with Crippen LogP contribution in [0.25, 0.3) is 0 Å². The number of ether oxygens (including phenoxy) is 2. The van der Waals surface area contributed by atoms with Gasteiger partial charge in [-0.1, -0.05) is 13.8 Å². The van der Waals surface area contributed by atoms with Crippen LogP contribution in [0.15, 0.2) is 17.1 Å². The SMILES string of the molecule is COC(=O)N([C@@H](CNC(=O)c1ccc(CCC(=O)NC2=NCCCN2)s1)C(=O)OCC(C)C)C12CC3CC(CC(C3)C1)C2. The van der Waals surface area contributed by atoms with E-state index >= 15 is 0 Å². The Balaban J connectivity index is 1.25. The highest BCUT2D eigenvalue weighted by Gasteiger charge is 2.57. The topological polar surface area (TPSA) is 138 Å². The van der Waals surface area contributed by atoms with E-state index in [0.717, 1.165) is 37.1 Å². The quantitative estimate of drug-likeness (QED) is 0.324. The molecule has 2 heterocycles. The van der Waals surface area contributed by atoms with Crippen LogP contribution in [0.1, 0.15) is 79.8 Å². The summed E-state index contributed by atoms with van der Waals surface area (Å²) >= 11 is 1.31. The first-order valence-electron chi connectivity index (χ1n) is 15.6. The van der Waals surface area contributed by atoms with E-state index in [1.807, 2.05) is 19.9 Å². The van der Waals surface area contributed by atoms with Gasteiger partial charge in [0.1, 0.15) is 0 Å². The fourth-order valence-corrected chi connectivity index (χ4v) is 8.62. The number of carbonyl (C=O) groups is 4. The molecule has 43 heavy (non-hydrogen) atoms. The number of esters is 1. The molecule has 0 aromatic carbocycles. The van der Waals surface area contributed by atoms with Gasteiger partial charge in [-0.3, -0.25) is 24.8 Å². The molecule has 12 heteroatoms. The number of carbonyl (C=O) groups excluding carboxylic acids is 4. The lowest BCUT2D eigenvalue weighted by Gasteiger charge is -2.60. The van der Waals surface area contributed by atoms with Crippen molar-refractivity contribution < 1.29 is 28.7 Å². The van der Waals surface area contributed by atoms with Gasteiger partial charge in [0.25, 0.3) is 5.91 Å². The summed E-state index contributed by atoms with van der Waals surface area (Å²) in [6.45, 7) is 5.56. The third-order valence-corrected chi connectivity index (χ3v) is 10.3. The van der Waals surface area contributed by atoms with Crippen LogP contribution in [0.3, 0.4) is 0 Å². The molecule has 3 amide bonds. The molecule has 4 bridgehead atoms. The van der Waals surface area contributed by atoms with Gasteiger partial charge in [-0.05, 0) is 87.2 Å². The number of aryl methyl sites for hydroxylation is 1. The van der Waals surface area contributed by atoms with E-state index in [1.165, 1.54) is 37.7 Å². The number of thiophene rings is 1. The molecule has 4 saturated carbocycles. The first-order chi connectivity index (χ1) is 20.7. The normalized spacial score (nSPS) is 26.2. The molecule has 0 unspecified atom stereocenters. The van der Waals surface area contributed by atoms with Crippen LogP contribution < -0.4 is 16.0 Å². The summed E-state index contributed by atoms with van der Waals surface area (Å²) in [7, 11) is 1.34. The van der Waals surface area contributed by atoms with E-state index in [2.05, 4.69) is 20.9 Å². The monoisotopic (exact) mass is 615 g/mol. The predicted octanol–water partition coefficient (Wildman–Crippen LogP) is 3.48. The minimum atomic E-state index is -0.995. The minimum absolute atomic E-state index is 0.0721. The average Bonchev–Trinajstić information content (AvgIpc) is 3.45. The molecule has 236 valence electrons. The van der Waals surface area contributed by atoms with Crippen molar-refractivity contribution in [2.45, 2.75) is 83.2 Å². The highest BCUT2D eigenvalue weighted by Crippen LogP contribution is 2.58. The van der Waals surface area contributed by atoms with Gasteiger partial charge in [-0.25, -0.2) is 9.59 Å². The largest absolute Gasteiger partial charge is 0.464 e. The molecule has 1 aromatic heterocycles. The number of hydrogen-bond donors (Lipinski definition) is 3. The zero-order valence-electron chi connectivity index (χ0n) is 25.5. The maximum absolute atomic E-state index is 13.6. The first-order valence-corrected chi connectivity index (χ1v) is 16.5. The van der Waals surface area contributed by atoms with Crippen LogP contribution in [-0.2, 0) is 25.5 Å². The van der Waals surface area contributed by atoms with Crippen LogP contribution in [0.4, 0.5) is 4.79 Å². The molecular formula is C31H45N5O6S. The predicted molar refractivity (Wildman–Crippen MR) is 163 cm³/mol. The van der Waals surface area contributed by atoms with Gasteiger partial charge in [-0.15, -0.1) is 11.3 Å². The molecule has 0 spiro atoms. The number of rotatable bonds is 11. The lowest BCUT2D eigenvalue weighted by atomic mass is 9.52. The lowest BCUT2D eigenvalue weighted by molar-refractivity contribution is -0.158. The fraction of sp³-hybridized carbons (Fsp3) is 0.710. The lowest BCUT2D eigenvalue weighted by Crippen LogP contribution is -2.67. The maximum Gasteiger partial charge on any atom is 0.410 e. The molecule has 0 saturated heterocycles. The van der Waals surface area contributed by atoms with Crippen molar-refractivity contribution in [2.24, 2.45) is 28.7 Å². The summed E-state index contributed by atoms with van der Waals surface area (Å²) in [5.74, 6) is 1.27. The molecule has 5 aliphatic rings. The second-order valence-electron chi connectivity index (χ2n) is 13.1. The Bertz CT molecular complexity index is 1190. The van der Waals surface area contributed by atoms with Crippen molar-refractivity contribution in [1.82, 2.24) is 20.9 Å². The van der Waals surface area contributed by atoms with Crippen molar-refractivity contribution in [3.8, 4) is 0 Å². The van der Waals surface area contributed by atoms with E-state index in [4.69, 9.17) is 9.47 Å². The van der Waals surface area contributed by atoms with Crippen molar-refractivity contribution >= 4 is 41.2 Å². The van der Waals surface area contributed by atoms with Gasteiger partial charge in [0.05, 0.1) is 18.6 Å². The summed E-state index contributed by atoms with van der Waals surface area (Å²) in [5, 5.41) is 8.77. The van der Waals surface area contributed by atoms with Crippen LogP contribution in [-0.4, -0.2) is 79.7 Å². The Morgan fingerprint density at radius 1 is 1.12 bits per heavy atom. The smallest absolute Gasteiger partial charge is 0.410 e. The van der Waals surface area contributed by atoms with E-state index in [-0.39, 0.29) is 37.3 Å². The van der Waals surface area contributed by atoms with Gasteiger partial charge < -0.3 is 20.1 Å². The molecule has 3 N–H and O–H groups in total. The molecule has 1 aliphatic heterocycles. The van der Waals surface area contributed by atoms with E-state index < -0.39 is 23.6 Å². The number of aliphatic imine (C=N–C) groups is 1. The number of nitrogens with one attached hydrogen (secondary N) is 3. The zero-order valence-corrected chi connectivity index (χ0v) is 26.3. The average molecular weight is 616 g/mol. The first kappa shape index (κ1) is 31.3. The van der Waals surface area contributed by atoms with Crippen LogP contribution in [0, 0.1) is 23.7 Å². The molecule has 6 rings (SSSR count). The standard InChI is InChI=1S/C31H45N5O6S/c1-19(2)18-42-28(39)24(36(30(40)41-3)31-14-20-11-21(15-31)13-22(12-20)16-31)17-34-27(38)25-7-5-23(43-25)6-8-26(37)35-29-32-9-4-10-33-29/h5,7,19-22,24H,4,6,8-18H2,1-3H3,(H,34,38)(H2,32,33,35,37)/t20?,21?,22?,24-,31?/m0/s1. The van der Waals surface area contributed by atoms with E-state index in [9.17, 15) is 19.2 Å². The third kappa shape index (κ3) is 7.50. The molecule has 0 radical (unpaired) electrons. The number of amides is 3. The third-order valence-electron chi connectivity index (χ3n) is 9.13. The van der Waals surface area contributed by atoms with Gasteiger partial charge in [0.15, 0.2) is 12.0 Å². The number of methoxy groups -OCH3 is 1. The maximum atomic E-state index is 13.6. The summed E-state index contributed by atoms with van der Waals surface area (Å²) in [4.78, 5) is 59.9. The van der Waals surface area contributed by atoms with Crippen molar-refractivity contribution in [3.05, 3.63) is 21.9 Å². The van der Waals surface area contributed by atoms with Crippen molar-refractivity contribution in [3.63, 3.8) is 0 Å². The summed E-state index contributed by atoms with van der Waals surface area (Å²) in [6.07, 6.45) is 7.25. The Kier molecular flexibility index (Phi) is 9.93. The van der Waals surface area contributed by atoms with Crippen LogP contribution >= 0.6 is 11.3 Å². The van der Waals surface area contributed by atoms with Gasteiger partial charge in [-0.2, -0.15) is 0 Å². The molecule has 1 atom stereocenters. The van der Waals surface area contributed by atoms with E-state index in [0.29, 0.717) is 41.6 Å². The van der Waals surface area contributed by atoms with Crippen LogP contribution in [0.5, 0.6) is 0 Å². The van der Waals surface area contributed by atoms with E-state index in [1.54, 1.807) is 11.0 Å². The molecule has 4 fully saturated rings. The highest BCUT2D eigenvalue weighted by molar-refractivity contribution is 7.14. The summed E-state index contributed by atoms with van der Waals surface area (Å²) < 4.78 is 10.9. The molecule has 4 aliphatic carbocycles. The number of nitrogens with zero attached hydrogens (tertiary/aromatic N) is 2. The van der Waals surface area contributed by atoms with Gasteiger partial charge >= 0.3 is 12.1 Å². The number of guanidine groups is 1. The zero-order chi connectivity index (χ0) is 30.6. The van der Waals surface area contributed by atoms with Gasteiger partial charge in [0.2, 0.25) is 5.91 Å². The summed E-state index contributed by atoms with van der Waals surface area (Å²) in [6, 6.07) is 2.57. The van der Waals surface area contributed by atoms with Gasteiger partial charge in [0, 0.05) is 36.5 Å². The molecule has 1 aromatic rings. The molecule has 11 nitrogen and oxygen atoms in total. The Hall–Kier alpha value is -3.15. The second-order valence-corrected chi connectivity index (χ2v) is 14.2. The highest BCUT2D eigenvalue weighted by atomic mass is 32.1. The Morgan fingerprint density at radius 3 is 2.42 bits per heavy atom. The minimum Gasteiger partial charge on any atom is -0.464 e. The Morgan fingerprint density at radius 2 is 1.81 bits per heavy atom. The van der Waals surface area contributed by atoms with Crippen LogP contribution in [0.2, 0.25) is 0 Å². The fourth-order valence-electron chi connectivity index (χ4n) is 7.69. The second kappa shape index (κ2) is 13.7.